The molecule has 0 spiro atoms. The predicted molar refractivity (Wildman–Crippen MR) is 116 cm³/mol. The van der Waals surface area contributed by atoms with Crippen LogP contribution >= 0.6 is 0 Å². The third kappa shape index (κ3) is 5.53. The van der Waals surface area contributed by atoms with Crippen LogP contribution in [-0.4, -0.2) is 76.2 Å². The molecule has 1 saturated heterocycles. The second kappa shape index (κ2) is 9.80. The van der Waals surface area contributed by atoms with Crippen molar-refractivity contribution in [3.63, 3.8) is 0 Å². The second-order valence-corrected chi connectivity index (χ2v) is 7.61. The van der Waals surface area contributed by atoms with Gasteiger partial charge in [-0.3, -0.25) is 9.69 Å². The number of hydrogen-bond donors (Lipinski definition) is 3. The molecule has 3 N–H and O–H groups in total. The van der Waals surface area contributed by atoms with Gasteiger partial charge in [-0.25, -0.2) is 15.0 Å². The summed E-state index contributed by atoms with van der Waals surface area (Å²) in [7, 11) is 0. The van der Waals surface area contributed by atoms with Gasteiger partial charge in [0.2, 0.25) is 11.9 Å². The van der Waals surface area contributed by atoms with Gasteiger partial charge >= 0.3 is 0 Å². The first-order chi connectivity index (χ1) is 15.1. The summed E-state index contributed by atoms with van der Waals surface area (Å²) in [5.41, 5.74) is 1.19. The summed E-state index contributed by atoms with van der Waals surface area (Å²) in [4.78, 5) is 29.2. The van der Waals surface area contributed by atoms with Gasteiger partial charge in [0, 0.05) is 51.5 Å². The van der Waals surface area contributed by atoms with E-state index >= 15 is 0 Å². The van der Waals surface area contributed by atoms with Crippen molar-refractivity contribution in [2.45, 2.75) is 18.9 Å². The summed E-state index contributed by atoms with van der Waals surface area (Å²) < 4.78 is 13.9. The largest absolute Gasteiger partial charge is 0.391 e. The molecule has 5 heterocycles. The maximum atomic E-state index is 13.9. The van der Waals surface area contributed by atoms with Crippen molar-refractivity contribution in [1.29, 1.82) is 0 Å². The highest BCUT2D eigenvalue weighted by molar-refractivity contribution is 6.04. The smallest absolute Gasteiger partial charge is 0.274 e. The van der Waals surface area contributed by atoms with Gasteiger partial charge in [0.15, 0.2) is 0 Å². The van der Waals surface area contributed by atoms with Crippen LogP contribution in [0.15, 0.2) is 36.7 Å². The lowest BCUT2D eigenvalue weighted by Crippen LogP contribution is -2.46. The fraction of sp³-hybridized carbons (Fsp3) is 0.429. The van der Waals surface area contributed by atoms with Gasteiger partial charge in [-0.15, -0.1) is 0 Å². The lowest BCUT2D eigenvalue weighted by Gasteiger charge is -2.36. The molecule has 3 aliphatic heterocycles. The summed E-state index contributed by atoms with van der Waals surface area (Å²) in [6, 6.07) is 2.85. The van der Waals surface area contributed by atoms with Crippen LogP contribution in [0.25, 0.3) is 0 Å². The number of hydrogen-bond acceptors (Lipinski definition) is 8. The summed E-state index contributed by atoms with van der Waals surface area (Å²) in [6.07, 6.45) is 7.84. The normalized spacial score (nSPS) is 23.5. The van der Waals surface area contributed by atoms with Crippen LogP contribution in [0, 0.1) is 5.95 Å². The number of aliphatic hydroxyl groups excluding tert-OH is 1. The molecule has 1 unspecified atom stereocenters. The zero-order valence-corrected chi connectivity index (χ0v) is 17.2. The molecule has 0 aliphatic carbocycles. The fourth-order valence-electron chi connectivity index (χ4n) is 3.65. The second-order valence-electron chi connectivity index (χ2n) is 7.61. The molecule has 4 bridgehead atoms. The summed E-state index contributed by atoms with van der Waals surface area (Å²) in [5, 5.41) is 15.9. The minimum atomic E-state index is -0.594. The topological polar surface area (TPSA) is 107 Å². The van der Waals surface area contributed by atoms with Gasteiger partial charge in [-0.05, 0) is 18.9 Å². The van der Waals surface area contributed by atoms with E-state index in [2.05, 4.69) is 47.5 Å². The monoisotopic (exact) mass is 427 g/mol. The number of allylic oxidation sites excluding steroid dienone is 1. The molecular weight excluding hydrogens is 401 g/mol. The molecule has 9 nitrogen and oxygen atoms in total. The van der Waals surface area contributed by atoms with Crippen LogP contribution < -0.4 is 15.5 Å². The van der Waals surface area contributed by atoms with Crippen LogP contribution in [-0.2, 0) is 0 Å². The van der Waals surface area contributed by atoms with E-state index in [0.29, 0.717) is 30.9 Å². The highest BCUT2D eigenvalue weighted by Gasteiger charge is 2.21. The third-order valence-corrected chi connectivity index (χ3v) is 5.39. The van der Waals surface area contributed by atoms with Crippen molar-refractivity contribution >= 4 is 23.2 Å². The van der Waals surface area contributed by atoms with E-state index in [0.717, 1.165) is 26.1 Å². The molecule has 1 atom stereocenters. The Balaban J connectivity index is 1.61. The molecule has 2 aromatic heterocycles. The molecule has 31 heavy (non-hydrogen) atoms. The van der Waals surface area contributed by atoms with Crippen molar-refractivity contribution in [3.05, 3.63) is 48.3 Å². The van der Waals surface area contributed by atoms with Gasteiger partial charge in [0.1, 0.15) is 5.69 Å². The Kier molecular flexibility index (Phi) is 6.68. The maximum Gasteiger partial charge on any atom is 0.274 e. The molecule has 0 saturated carbocycles. The molecule has 164 valence electrons. The highest BCUT2D eigenvalue weighted by Crippen LogP contribution is 2.27. The standard InChI is InChI=1S/C21H26FN7O2/c22-19-12-18-17(14-24-19)26-20(31)16-5-6-23-21(27-16)25-13-15(30)4-2-1-3-7-28-8-10-29(18)11-9-28/h1,3,5-6,12,14-15,30H,2,4,7-11,13H2,(H,26,31)(H,23,25,27)/b3-1+. The molecule has 3 aliphatic rings. The van der Waals surface area contributed by atoms with Crippen molar-refractivity contribution in [2.24, 2.45) is 0 Å². The Morgan fingerprint density at radius 2 is 2.00 bits per heavy atom. The Bertz CT molecular complexity index is 947. The van der Waals surface area contributed by atoms with E-state index in [1.54, 1.807) is 0 Å². The average molecular weight is 427 g/mol. The third-order valence-electron chi connectivity index (χ3n) is 5.39. The van der Waals surface area contributed by atoms with Crippen LogP contribution in [0.2, 0.25) is 0 Å². The van der Waals surface area contributed by atoms with Crippen LogP contribution in [0.3, 0.4) is 0 Å². The lowest BCUT2D eigenvalue weighted by atomic mass is 10.2. The van der Waals surface area contributed by atoms with Crippen molar-refractivity contribution in [3.8, 4) is 0 Å². The van der Waals surface area contributed by atoms with Crippen LogP contribution in [0.4, 0.5) is 21.7 Å². The Hall–Kier alpha value is -3.11. The maximum absolute atomic E-state index is 13.9. The Morgan fingerprint density at radius 3 is 2.84 bits per heavy atom. The molecule has 2 aromatic rings. The van der Waals surface area contributed by atoms with E-state index in [9.17, 15) is 14.3 Å². The average Bonchev–Trinajstić information content (AvgIpc) is 2.79. The molecule has 0 radical (unpaired) electrons. The minimum Gasteiger partial charge on any atom is -0.391 e. The number of carbonyl (C=O) groups is 1. The molecule has 1 amide bonds. The number of anilines is 3. The Labute approximate surface area is 180 Å². The number of aromatic nitrogens is 3. The summed E-state index contributed by atoms with van der Waals surface area (Å²) in [5.74, 6) is -0.780. The minimum absolute atomic E-state index is 0.160. The van der Waals surface area contributed by atoms with E-state index in [1.807, 2.05) is 0 Å². The highest BCUT2D eigenvalue weighted by atomic mass is 19.1. The summed E-state index contributed by atoms with van der Waals surface area (Å²) in [6.45, 7) is 4.18. The van der Waals surface area contributed by atoms with Gasteiger partial charge < -0.3 is 20.6 Å². The quantitative estimate of drug-likeness (QED) is 0.429. The number of halogens is 1. The van der Waals surface area contributed by atoms with Gasteiger partial charge in [-0.2, -0.15) is 4.39 Å². The fourth-order valence-corrected chi connectivity index (χ4v) is 3.65. The molecule has 10 heteroatoms. The number of pyridine rings is 1. The number of aliphatic hydroxyl groups is 1. The zero-order valence-electron chi connectivity index (χ0n) is 17.2. The molecule has 0 aromatic carbocycles. The number of nitrogens with one attached hydrogen (secondary N) is 2. The number of piperazine rings is 1. The van der Waals surface area contributed by atoms with Gasteiger partial charge in [0.05, 0.1) is 23.7 Å². The predicted octanol–water partition coefficient (Wildman–Crippen LogP) is 1.51. The summed E-state index contributed by atoms with van der Waals surface area (Å²) >= 11 is 0. The Morgan fingerprint density at radius 1 is 1.16 bits per heavy atom. The van der Waals surface area contributed by atoms with E-state index < -0.39 is 18.0 Å². The SMILES string of the molecule is O=C1Nc2cnc(F)cc2N2CCN(C/C=C/CCC(O)CNc3nccc1n3)CC2. The van der Waals surface area contributed by atoms with Gasteiger partial charge in [-0.1, -0.05) is 12.2 Å². The number of amides is 1. The first-order valence-corrected chi connectivity index (χ1v) is 10.4. The van der Waals surface area contributed by atoms with E-state index in [-0.39, 0.29) is 18.2 Å². The van der Waals surface area contributed by atoms with E-state index in [4.69, 9.17) is 0 Å². The number of fused-ring (bicyclic) bond motifs is 9. The zero-order chi connectivity index (χ0) is 21.6. The van der Waals surface area contributed by atoms with Crippen LogP contribution in [0.1, 0.15) is 23.3 Å². The number of rotatable bonds is 0. The molecular formula is C21H26FN7O2. The number of carbonyl (C=O) groups excluding carboxylic acids is 1. The van der Waals surface area contributed by atoms with Crippen molar-refractivity contribution in [1.82, 2.24) is 19.9 Å². The lowest BCUT2D eigenvalue weighted by molar-refractivity contribution is 0.102. The van der Waals surface area contributed by atoms with Crippen molar-refractivity contribution in [2.75, 3.05) is 54.8 Å². The molecule has 5 rings (SSSR count). The number of nitrogens with zero attached hydrogens (tertiary/aromatic N) is 5. The van der Waals surface area contributed by atoms with Crippen LogP contribution in [0.5, 0.6) is 0 Å². The first-order valence-electron chi connectivity index (χ1n) is 10.4. The van der Waals surface area contributed by atoms with Crippen molar-refractivity contribution < 1.29 is 14.3 Å². The van der Waals surface area contributed by atoms with E-state index in [1.165, 1.54) is 24.5 Å². The van der Waals surface area contributed by atoms with Gasteiger partial charge in [0.25, 0.3) is 5.91 Å². The molecule has 1 fully saturated rings. The first kappa shape index (κ1) is 21.1.